The van der Waals surface area contributed by atoms with Crippen molar-refractivity contribution in [2.24, 2.45) is 0 Å². The summed E-state index contributed by atoms with van der Waals surface area (Å²) in [5.41, 5.74) is 16.3. The summed E-state index contributed by atoms with van der Waals surface area (Å²) in [7, 11) is 4.90. The number of amides is 5. The zero-order valence-electron chi connectivity index (χ0n) is 66.9. The molecule has 25 nitrogen and oxygen atoms in total. The normalized spacial score (nSPS) is 14.6. The second-order valence-corrected chi connectivity index (χ2v) is 33.8. The van der Waals surface area contributed by atoms with Crippen LogP contribution >= 0.6 is 89.9 Å². The van der Waals surface area contributed by atoms with Crippen molar-refractivity contribution in [1.29, 1.82) is 0 Å². The van der Waals surface area contributed by atoms with Gasteiger partial charge in [-0.15, -0.1) is 0 Å². The van der Waals surface area contributed by atoms with Crippen LogP contribution in [0.25, 0.3) is 0 Å². The quantitative estimate of drug-likeness (QED) is 0.0555. The van der Waals surface area contributed by atoms with Crippen molar-refractivity contribution in [2.45, 2.75) is 104 Å². The third-order valence-corrected chi connectivity index (χ3v) is 22.7. The van der Waals surface area contributed by atoms with Crippen LogP contribution in [0.4, 0.5) is 40.3 Å². The molecule has 5 aliphatic heterocycles. The van der Waals surface area contributed by atoms with Crippen LogP contribution in [0, 0.1) is 0 Å². The Morgan fingerprint density at radius 3 is 1.08 bits per heavy atom. The molecule has 17 rings (SSSR count). The monoisotopic (exact) mass is 1840 g/mol. The number of anilines is 7. The van der Waals surface area contributed by atoms with Gasteiger partial charge in [-0.05, 0) is 221 Å². The van der Waals surface area contributed by atoms with Gasteiger partial charge >= 0.3 is 0 Å². The van der Waals surface area contributed by atoms with Gasteiger partial charge in [-0.2, -0.15) is 0 Å². The van der Waals surface area contributed by atoms with E-state index < -0.39 is 22.2 Å². The maximum Gasteiger partial charge on any atom is 0.256 e. The molecular weight excluding hydrogens is 1760 g/mol. The Bertz CT molecular complexity index is 5680. The second kappa shape index (κ2) is 37.4. The molecule has 0 aliphatic carbocycles. The fraction of sp³-hybridized carbons (Fsp3) is 0.216. The van der Waals surface area contributed by atoms with E-state index >= 15 is 0 Å². The van der Waals surface area contributed by atoms with Crippen molar-refractivity contribution in [3.63, 3.8) is 0 Å². The van der Waals surface area contributed by atoms with E-state index in [9.17, 15) is 24.0 Å². The number of benzene rings is 8. The second-order valence-electron chi connectivity index (χ2n) is 29.9. The summed E-state index contributed by atoms with van der Waals surface area (Å²) in [5.74, 6) is 4.52. The van der Waals surface area contributed by atoms with Gasteiger partial charge in [0.2, 0.25) is 0 Å². The summed E-state index contributed by atoms with van der Waals surface area (Å²) in [6.45, 7) is 18.1. The molecule has 8 aromatic carbocycles. The Kier molecular flexibility index (Phi) is 27.3. The summed E-state index contributed by atoms with van der Waals surface area (Å²) in [5, 5.41) is 17.6. The molecule has 616 valence electrons. The van der Waals surface area contributed by atoms with Gasteiger partial charge in [-0.1, -0.05) is 126 Å². The molecule has 0 spiro atoms. The van der Waals surface area contributed by atoms with Crippen LogP contribution in [0.5, 0.6) is 17.2 Å². The summed E-state index contributed by atoms with van der Waals surface area (Å²) in [6, 6.07) is 48.6. The number of nitrogen functional groups attached to an aromatic ring is 1. The highest BCUT2D eigenvalue weighted by molar-refractivity contribution is 9.10. The van der Waals surface area contributed by atoms with Gasteiger partial charge in [0.05, 0.1) is 96.4 Å². The zero-order chi connectivity index (χ0) is 86.1. The van der Waals surface area contributed by atoms with Crippen LogP contribution in [-0.4, -0.2) is 105 Å². The third-order valence-electron chi connectivity index (χ3n) is 20.3. The Balaban J connectivity index is 0.000000135. The zero-order valence-corrected chi connectivity index (χ0v) is 73.8. The Morgan fingerprint density at radius 2 is 0.733 bits per heavy atom. The maximum atomic E-state index is 13.2. The third kappa shape index (κ3) is 20.1. The lowest BCUT2D eigenvalue weighted by Gasteiger charge is -2.32. The number of halogens is 7. The summed E-state index contributed by atoms with van der Waals surface area (Å²) < 4.78 is 17.3. The standard InChI is InChI=1S/C22H21ClN4O2.C18H17BrClNO2.C16H13BrClNO2.2C14H13ClN4O.C4H5N3/c1-22(2)17-10-15(26-19-8-9-24-13-25-19)11-18(23)20(17)21(28)27(22)12-14-4-6-16(29-3)7-5-14;1-18(2)14-8-12(19)9-15(20)16(14)17(22)21(18)10-11-4-6-13(23-3)7-5-11;1-21-13-4-2-10(3-5-13)8-19-9-11-6-12(17)7-14(18)15(11)16(19)20;2*1-14(2)9-5-8(18-11-3-4-16-7-17-11)6-10(15)12(9)13(20)19-14;5-4-1-2-6-3-7-4/h4-11,13H,12H2,1-3H3,(H,24,25,26);4-9H,10H2,1-3H3;2-7H,8-9H2,1H3;2*3-7H,1-2H3,(H,19,20)(H,16,17,18);1-3H,(H2,5,6,7). The number of rotatable bonds is 15. The Labute approximate surface area is 735 Å². The number of nitrogens with zero attached hydrogens (tertiary/aromatic N) is 11. The van der Waals surface area contributed by atoms with E-state index in [0.717, 1.165) is 87.8 Å². The maximum absolute atomic E-state index is 13.2. The molecule has 9 heterocycles. The minimum absolute atomic E-state index is 0.0154. The van der Waals surface area contributed by atoms with Gasteiger partial charge in [0, 0.05) is 77.0 Å². The number of carbonyl (C=O) groups is 5. The molecule has 0 fully saturated rings. The molecule has 12 aromatic rings. The van der Waals surface area contributed by atoms with Crippen LogP contribution in [0.15, 0.2) is 217 Å². The summed E-state index contributed by atoms with van der Waals surface area (Å²) >= 11 is 38.4. The number of aromatic nitrogens is 8. The first-order chi connectivity index (χ1) is 57.2. The predicted octanol–water partition coefficient (Wildman–Crippen LogP) is 19.8. The Hall–Kier alpha value is -11.6. The van der Waals surface area contributed by atoms with E-state index in [1.165, 1.54) is 25.3 Å². The highest BCUT2D eigenvalue weighted by Crippen LogP contribution is 2.47. The molecular formula is C88H82Br2Cl5N17O8. The Morgan fingerprint density at radius 1 is 0.400 bits per heavy atom. The average molecular weight is 1840 g/mol. The SMILES string of the molecule is CC1(C)NC(=O)c2c(Cl)cc(Nc3ccncn3)cc21.CC1(C)NC(=O)c2c(Cl)cc(Nc3ccncn3)cc21.COc1ccc(CN2C(=O)c3c(Cl)cc(Br)cc3C2(C)C)cc1.COc1ccc(CN2C(=O)c3c(Cl)cc(Nc4ccncn4)cc3C2(C)C)cc1.COc1ccc(CN2Cc3cc(Br)cc(Cl)c3C2=O)cc1.Nc1ccncn1. The van der Waals surface area contributed by atoms with Gasteiger partial charge in [-0.25, -0.2) is 39.9 Å². The van der Waals surface area contributed by atoms with Crippen molar-refractivity contribution < 1.29 is 38.2 Å². The van der Waals surface area contributed by atoms with Gasteiger partial charge < -0.3 is 61.2 Å². The molecule has 0 bridgehead atoms. The van der Waals surface area contributed by atoms with Gasteiger partial charge in [0.15, 0.2) is 0 Å². The fourth-order valence-electron chi connectivity index (χ4n) is 14.1. The molecule has 0 unspecified atom stereocenters. The van der Waals surface area contributed by atoms with E-state index in [4.69, 9.17) is 77.9 Å². The largest absolute Gasteiger partial charge is 0.497 e. The highest BCUT2D eigenvalue weighted by Gasteiger charge is 2.47. The number of fused-ring (bicyclic) bond motifs is 5. The average Bonchev–Trinajstić information content (AvgIpc) is 1.57. The van der Waals surface area contributed by atoms with Crippen molar-refractivity contribution in [2.75, 3.05) is 43.0 Å². The summed E-state index contributed by atoms with van der Waals surface area (Å²) in [6.07, 6.45) is 12.4. The molecule has 120 heavy (non-hydrogen) atoms. The molecule has 4 aromatic heterocycles. The smallest absolute Gasteiger partial charge is 0.256 e. The first-order valence-corrected chi connectivity index (χ1v) is 40.7. The topological polar surface area (TPSA) is 312 Å². The van der Waals surface area contributed by atoms with Gasteiger partial charge in [0.1, 0.15) is 65.8 Å². The molecule has 5 aliphatic rings. The van der Waals surface area contributed by atoms with E-state index in [-0.39, 0.29) is 29.5 Å². The van der Waals surface area contributed by atoms with E-state index in [1.807, 2.05) is 168 Å². The number of hydrogen-bond donors (Lipinski definition) is 6. The van der Waals surface area contributed by atoms with E-state index in [2.05, 4.69) is 98.3 Å². The molecule has 5 amide bonds. The molecule has 32 heteroatoms. The summed E-state index contributed by atoms with van der Waals surface area (Å²) in [4.78, 5) is 99.2. The van der Waals surface area contributed by atoms with Crippen LogP contribution in [0.1, 0.15) is 152 Å². The molecule has 0 saturated heterocycles. The minimum atomic E-state index is -0.515. The van der Waals surface area contributed by atoms with Crippen LogP contribution in [-0.2, 0) is 48.3 Å². The first kappa shape index (κ1) is 87.7. The first-order valence-electron chi connectivity index (χ1n) is 37.2. The van der Waals surface area contributed by atoms with E-state index in [0.29, 0.717) is 102 Å². The molecule has 0 radical (unpaired) electrons. The molecule has 0 atom stereocenters. The van der Waals surface area contributed by atoms with Crippen LogP contribution in [0.3, 0.4) is 0 Å². The minimum Gasteiger partial charge on any atom is -0.497 e. The van der Waals surface area contributed by atoms with Crippen molar-refractivity contribution >= 4 is 160 Å². The predicted molar refractivity (Wildman–Crippen MR) is 474 cm³/mol. The van der Waals surface area contributed by atoms with Crippen LogP contribution < -0.4 is 46.5 Å². The number of methoxy groups -OCH3 is 3. The lowest BCUT2D eigenvalue weighted by molar-refractivity contribution is 0.0587. The van der Waals surface area contributed by atoms with Crippen molar-refractivity contribution in [3.8, 4) is 17.2 Å². The number of ether oxygens (including phenoxy) is 3. The lowest BCUT2D eigenvalue weighted by Crippen LogP contribution is -2.38. The number of nitrogens with one attached hydrogen (secondary N) is 5. The lowest BCUT2D eigenvalue weighted by atomic mass is 9.93. The fourth-order valence-corrected chi connectivity index (χ4v) is 16.8. The van der Waals surface area contributed by atoms with E-state index in [1.54, 1.807) is 106 Å². The number of nitrogens with two attached hydrogens (primary N) is 1. The molecule has 0 saturated carbocycles. The van der Waals surface area contributed by atoms with Gasteiger partial charge in [0.25, 0.3) is 29.5 Å². The highest BCUT2D eigenvalue weighted by atomic mass is 79.9. The molecule has 7 N–H and O–H groups in total. The van der Waals surface area contributed by atoms with Crippen molar-refractivity contribution in [3.05, 3.63) is 314 Å². The number of carbonyl (C=O) groups excluding carboxylic acids is 5. The van der Waals surface area contributed by atoms with Crippen LogP contribution in [0.2, 0.25) is 25.1 Å². The van der Waals surface area contributed by atoms with Crippen molar-refractivity contribution in [1.82, 2.24) is 65.2 Å². The van der Waals surface area contributed by atoms with Gasteiger partial charge in [-0.3, -0.25) is 24.0 Å². The number of hydrogen-bond acceptors (Lipinski definition) is 20.